The molecule has 0 aromatic carbocycles. The topological polar surface area (TPSA) is 420 Å². The predicted molar refractivity (Wildman–Crippen MR) is 498 cm³/mol. The number of carbonyl (C=O) groups excluding carboxylic acids is 10. The van der Waals surface area contributed by atoms with E-state index in [-0.39, 0.29) is 144 Å². The van der Waals surface area contributed by atoms with Crippen molar-refractivity contribution >= 4 is 132 Å². The Morgan fingerprint density at radius 1 is 0.355 bits per heavy atom. The smallest absolute Gasteiger partial charge is 0.260 e. The van der Waals surface area contributed by atoms with E-state index in [9.17, 15) is 83.1 Å². The van der Waals surface area contributed by atoms with Crippen molar-refractivity contribution in [3.63, 3.8) is 0 Å². The van der Waals surface area contributed by atoms with Crippen LogP contribution in [0.3, 0.4) is 0 Å². The number of pyridine rings is 5. The maximum absolute atomic E-state index is 13.9. The number of likely N-dealkylation sites (tertiary alicyclic amines) is 2. The molecule has 34 nitrogen and oxygen atoms in total. The Hall–Kier alpha value is -12.3. The lowest BCUT2D eigenvalue weighted by atomic mass is 9.80. The minimum absolute atomic E-state index is 0.00120. The van der Waals surface area contributed by atoms with Gasteiger partial charge >= 0.3 is 0 Å². The Labute approximate surface area is 807 Å². The van der Waals surface area contributed by atoms with Crippen LogP contribution in [0.4, 0.5) is 64.0 Å². The van der Waals surface area contributed by atoms with Crippen LogP contribution in [-0.4, -0.2) is 211 Å². The molecule has 8 N–H and O–H groups in total. The molecule has 25 rings (SSSR count). The van der Waals surface area contributed by atoms with Gasteiger partial charge in [0.15, 0.2) is 39.0 Å². The van der Waals surface area contributed by atoms with Crippen LogP contribution in [-0.2, 0) is 47.9 Å². The molecule has 0 bridgehead atoms. The van der Waals surface area contributed by atoms with Crippen molar-refractivity contribution < 1.29 is 83.1 Å². The van der Waals surface area contributed by atoms with E-state index >= 15 is 0 Å². The number of anilines is 5. The van der Waals surface area contributed by atoms with Crippen molar-refractivity contribution in [2.75, 3.05) is 52.8 Å². The van der Waals surface area contributed by atoms with Crippen LogP contribution in [0.1, 0.15) is 264 Å². The van der Waals surface area contributed by atoms with E-state index in [1.165, 1.54) is 28.7 Å². The molecule has 15 fully saturated rings. The molecule has 746 valence electrons. The summed E-state index contributed by atoms with van der Waals surface area (Å²) in [4.78, 5) is 150. The molecule has 141 heavy (non-hydrogen) atoms. The second-order valence-corrected chi connectivity index (χ2v) is 42.7. The fraction of sp³-hybridized carbons (Fsp3) is 0.592. The highest BCUT2D eigenvalue weighted by atomic mass is 32.1. The summed E-state index contributed by atoms with van der Waals surface area (Å²) in [5.41, 5.74) is 5.47. The quantitative estimate of drug-likeness (QED) is 0.0276. The molecule has 13 saturated carbocycles. The van der Waals surface area contributed by atoms with E-state index in [0.717, 1.165) is 175 Å². The van der Waals surface area contributed by atoms with Gasteiger partial charge in [-0.3, -0.25) is 69.2 Å². The maximum atomic E-state index is 13.9. The zero-order valence-electron chi connectivity index (χ0n) is 77.8. The minimum Gasteiger partial charge on any atom is -0.353 e. The largest absolute Gasteiger partial charge is 0.353 e. The van der Waals surface area contributed by atoms with E-state index in [1.54, 1.807) is 30.7 Å². The molecule has 10 amide bonds. The fourth-order valence-electron chi connectivity index (χ4n) is 20.4. The highest BCUT2D eigenvalue weighted by molar-refractivity contribution is 7.22. The molecule has 0 radical (unpaired) electrons. The first-order valence-corrected chi connectivity index (χ1v) is 50.7. The lowest BCUT2D eigenvalue weighted by molar-refractivity contribution is -0.158. The standard InChI is InChI=1S/C21H25FN4O2S.C20H23F2N5O2.C20H24FN5O2.C19H21F2N5O2.C18H19F2N5O2/c1-21(22)10-15(21)19(28)24-13-6-4-11(5-7-13)14-8-9-23-17-16(14)29-20(25-17)26-18(27)12-2-3-12;21-20(22)10-14(20)18(29)23-13-8-6-11(7-9-13)15-2-1-3-16-24-19(26-27(15)16)25-17(28)12-4-5-12;21-20(10-11-20)18(28)22-14-8-6-12(7-9-14)15-2-1-3-16-23-19(25-26(15)16)24-17(27)13-4-5-13;20-19(21)8-13(9-19)17(28)25-7-6-12(10-25)14-2-1-3-15-22-18(24-26(14)15)23-16(27)11-4-5-11;19-18(20)8-12(18)16(27)24-7-6-11(9-24)13-2-1-3-14-21-17(23-25(13)14)22-15(26)10-4-5-10/h8-9,11-13,15H,2-7,10H2,1H3,(H,24,28)(H,23,25,26,27);1-3,11-14H,4-10H2,(H,23,29)(H,25,26,28);1-3,12-14H,4-11H2,(H,22,28)(H,24,25,27);1-3,11-13H,4-10H2,(H,23,24,27);1-3,10-12H,4-9H2,(H,22,23,26). The van der Waals surface area contributed by atoms with Crippen LogP contribution in [0.15, 0.2) is 85.1 Å². The summed E-state index contributed by atoms with van der Waals surface area (Å²) in [6, 6.07) is 25.0. The monoisotopic (exact) mass is 1970 g/mol. The first-order valence-electron chi connectivity index (χ1n) is 49.9. The van der Waals surface area contributed by atoms with Gasteiger partial charge in [-0.05, 0) is 246 Å². The zero-order chi connectivity index (χ0) is 97.9. The third-order valence-corrected chi connectivity index (χ3v) is 31.4. The number of fused-ring (bicyclic) bond motifs is 5. The SMILES string of the molecule is CC1(F)CC1C(=O)NC1CCC(c2ccnc3nc(NC(=O)C4CC4)sc23)CC1.O=C(Nc1nc2cccc(C3CCC(NC(=O)C4(F)CC4)CC3)n2n1)C1CC1.O=C(Nc1nc2cccc(C3CCC(NC(=O)C4CC4(F)F)CC3)n2n1)C1CC1.O=C(Nc1nc2cccc(C3CCN(C(=O)C4CC(F)(F)C4)C3)n2n1)C1CC1.O=C(Nc1nc2cccc(C3CCN(C(=O)C4CC4(F)F)C3)n2n1)C1CC1. The highest BCUT2D eigenvalue weighted by Crippen LogP contribution is 2.53. The molecule has 6 atom stereocenters. The van der Waals surface area contributed by atoms with Gasteiger partial charge in [0.05, 0.1) is 10.6 Å². The van der Waals surface area contributed by atoms with Gasteiger partial charge < -0.3 is 31.1 Å². The summed E-state index contributed by atoms with van der Waals surface area (Å²) in [7, 11) is 0. The van der Waals surface area contributed by atoms with Gasteiger partial charge in [-0.25, -0.2) is 58.2 Å². The Morgan fingerprint density at radius 2 is 0.702 bits per heavy atom. The van der Waals surface area contributed by atoms with E-state index in [2.05, 4.69) is 98.9 Å². The summed E-state index contributed by atoms with van der Waals surface area (Å²) < 4.78 is 114. The van der Waals surface area contributed by atoms with E-state index in [0.29, 0.717) is 109 Å². The fourth-order valence-corrected chi connectivity index (χ4v) is 21.5. The number of aromatic nitrogens is 14. The predicted octanol–water partition coefficient (Wildman–Crippen LogP) is 14.0. The van der Waals surface area contributed by atoms with Gasteiger partial charge in [-0.15, -0.1) is 20.4 Å². The van der Waals surface area contributed by atoms with E-state index < -0.39 is 70.5 Å². The number of nitrogens with zero attached hydrogens (tertiary/aromatic N) is 16. The van der Waals surface area contributed by atoms with E-state index in [1.807, 2.05) is 71.2 Å². The number of alkyl halides is 8. The summed E-state index contributed by atoms with van der Waals surface area (Å²) in [5, 5.41) is 41.1. The first-order chi connectivity index (χ1) is 67.6. The Balaban J connectivity index is 0.000000104. The number of hydrogen-bond donors (Lipinski definition) is 8. The highest BCUT2D eigenvalue weighted by Gasteiger charge is 2.64. The summed E-state index contributed by atoms with van der Waals surface area (Å²) in [6.07, 6.45) is 22.4. The van der Waals surface area contributed by atoms with Crippen LogP contribution in [0, 0.1) is 53.3 Å². The normalized spacial score (nSPS) is 27.3. The number of carbonyl (C=O) groups is 10. The Morgan fingerprint density at radius 3 is 1.06 bits per heavy atom. The van der Waals surface area contributed by atoms with Gasteiger partial charge in [-0.1, -0.05) is 35.6 Å². The second-order valence-electron chi connectivity index (χ2n) is 41.7. The third-order valence-electron chi connectivity index (χ3n) is 30.4. The molecule has 2 aliphatic heterocycles. The van der Waals surface area contributed by atoms with Crippen LogP contribution < -0.4 is 42.5 Å². The number of amides is 10. The summed E-state index contributed by atoms with van der Waals surface area (Å²) >= 11 is 1.50. The van der Waals surface area contributed by atoms with Gasteiger partial charge in [0.1, 0.15) is 17.5 Å². The molecule has 2 saturated heterocycles. The number of rotatable bonds is 23. The molecule has 10 aromatic heterocycles. The number of halogens is 8. The van der Waals surface area contributed by atoms with Gasteiger partial charge in [-0.2, -0.15) is 24.9 Å². The van der Waals surface area contributed by atoms with Crippen LogP contribution in [0.5, 0.6) is 0 Å². The Bertz CT molecular complexity index is 6370. The molecule has 10 aromatic rings. The van der Waals surface area contributed by atoms with Crippen molar-refractivity contribution in [2.45, 2.75) is 283 Å². The van der Waals surface area contributed by atoms with E-state index in [4.69, 9.17) is 0 Å². The second kappa shape index (κ2) is 37.8. The molecule has 6 unspecified atom stereocenters. The lowest BCUT2D eigenvalue weighted by Gasteiger charge is -2.36. The number of thiazole rings is 1. The average Bonchev–Trinajstić information content (AvgIpc) is 1.60. The van der Waals surface area contributed by atoms with Crippen molar-refractivity contribution in [2.24, 2.45) is 53.3 Å². The van der Waals surface area contributed by atoms with Crippen molar-refractivity contribution in [3.05, 3.63) is 113 Å². The first kappa shape index (κ1) is 94.9. The third kappa shape index (κ3) is 21.7. The van der Waals surface area contributed by atoms with Gasteiger partial charge in [0.25, 0.3) is 17.8 Å². The molecular weight excluding hydrogens is 1860 g/mol. The Kier molecular flexibility index (Phi) is 25.5. The number of hydrogen-bond acceptors (Lipinski definition) is 21. The molecule has 12 heterocycles. The average molecular weight is 1970 g/mol. The summed E-state index contributed by atoms with van der Waals surface area (Å²) in [5.74, 6) is -10.8. The van der Waals surface area contributed by atoms with Crippen LogP contribution in [0.25, 0.3) is 32.9 Å². The van der Waals surface area contributed by atoms with Gasteiger partial charge in [0.2, 0.25) is 82.9 Å². The van der Waals surface area contributed by atoms with Crippen molar-refractivity contribution in [1.82, 2.24) is 94.1 Å². The summed E-state index contributed by atoms with van der Waals surface area (Å²) in [6.45, 7) is 3.41. The zero-order valence-corrected chi connectivity index (χ0v) is 78.6. The van der Waals surface area contributed by atoms with Crippen molar-refractivity contribution in [3.8, 4) is 0 Å². The molecular formula is C98H112F8N24O10S. The van der Waals surface area contributed by atoms with Crippen LogP contribution >= 0.6 is 11.3 Å². The molecule has 0 spiro atoms. The van der Waals surface area contributed by atoms with Gasteiger partial charge in [0, 0.05) is 158 Å². The minimum atomic E-state index is -2.84. The molecule has 43 heteroatoms. The number of nitrogens with one attached hydrogen (secondary N) is 8. The molecule has 13 aliphatic carbocycles. The lowest BCUT2D eigenvalue weighted by Crippen LogP contribution is -2.46. The van der Waals surface area contributed by atoms with Crippen LogP contribution in [0.2, 0.25) is 0 Å². The van der Waals surface area contributed by atoms with Crippen molar-refractivity contribution in [1.29, 1.82) is 0 Å². The maximum Gasteiger partial charge on any atom is 0.260 e. The molecule has 15 aliphatic rings.